The molecule has 10 nitrogen and oxygen atoms in total. The number of likely N-dealkylation sites (tertiary alicyclic amines) is 1. The van der Waals surface area contributed by atoms with E-state index >= 15 is 0 Å². The van der Waals surface area contributed by atoms with Crippen LogP contribution in [0.3, 0.4) is 0 Å². The van der Waals surface area contributed by atoms with Crippen molar-refractivity contribution in [3.05, 3.63) is 53.6 Å². The van der Waals surface area contributed by atoms with Gasteiger partial charge in [-0.05, 0) is 56.2 Å². The van der Waals surface area contributed by atoms with E-state index in [1.54, 1.807) is 12.1 Å². The van der Waals surface area contributed by atoms with Crippen molar-refractivity contribution in [2.75, 3.05) is 91.6 Å². The van der Waals surface area contributed by atoms with E-state index < -0.39 is 10.0 Å². The Morgan fingerprint density at radius 2 is 1.71 bits per heavy atom. The summed E-state index contributed by atoms with van der Waals surface area (Å²) in [6, 6.07) is 14.1. The molecule has 0 aliphatic carbocycles. The summed E-state index contributed by atoms with van der Waals surface area (Å²) in [7, 11) is 1.29. The molecule has 41 heavy (non-hydrogen) atoms. The molecule has 1 N–H and O–H groups in total. The van der Waals surface area contributed by atoms with Crippen LogP contribution in [0.4, 0.5) is 5.69 Å². The Balaban J connectivity index is 1.22. The molecule has 3 aliphatic rings. The minimum Gasteiger partial charge on any atom is -0.482 e. The SMILES string of the molecule is CN1CCN(c2cccc(OCC(=O)NC[C@H](CN3CCc4ccccc4C3)N3CCC3)c2S(=O)(=O)N(C)C)CC1. The van der Waals surface area contributed by atoms with Gasteiger partial charge in [-0.15, -0.1) is 0 Å². The number of hydrogen-bond donors (Lipinski definition) is 1. The maximum Gasteiger partial charge on any atom is 0.257 e. The number of sulfonamides is 1. The molecular formula is C30H44N6O4S. The summed E-state index contributed by atoms with van der Waals surface area (Å²) in [4.78, 5) is 22.3. The predicted octanol–water partition coefficient (Wildman–Crippen LogP) is 1.32. The molecule has 0 aromatic heterocycles. The molecule has 11 heteroatoms. The molecular weight excluding hydrogens is 540 g/mol. The molecule has 2 fully saturated rings. The van der Waals surface area contributed by atoms with Gasteiger partial charge in [-0.25, -0.2) is 12.7 Å². The van der Waals surface area contributed by atoms with Crippen molar-refractivity contribution in [2.45, 2.75) is 30.3 Å². The van der Waals surface area contributed by atoms with Crippen LogP contribution in [0, 0.1) is 0 Å². The largest absolute Gasteiger partial charge is 0.482 e. The Kier molecular flexibility index (Phi) is 9.50. The van der Waals surface area contributed by atoms with Crippen LogP contribution in [0.1, 0.15) is 17.5 Å². The highest BCUT2D eigenvalue weighted by molar-refractivity contribution is 7.89. The standard InChI is InChI=1S/C30H44N6O4S/c1-32(2)41(38,39)30-27(36-18-16-33(3)17-19-36)10-6-11-28(30)40-23-29(37)31-20-26(35-13-7-14-35)22-34-15-12-24-8-4-5-9-25(24)21-34/h4-6,8-11,26H,7,12-23H2,1-3H3,(H,31,37)/t26-/m1/s1. The molecule has 0 unspecified atom stereocenters. The van der Waals surface area contributed by atoms with Crippen molar-refractivity contribution in [1.82, 2.24) is 24.3 Å². The first kappa shape index (κ1) is 29.8. The molecule has 1 amide bonds. The van der Waals surface area contributed by atoms with Crippen molar-refractivity contribution in [3.8, 4) is 5.75 Å². The summed E-state index contributed by atoms with van der Waals surface area (Å²) >= 11 is 0. The van der Waals surface area contributed by atoms with Crippen molar-refractivity contribution < 1.29 is 17.9 Å². The lowest BCUT2D eigenvalue weighted by atomic mass is 9.99. The van der Waals surface area contributed by atoms with Crippen LogP contribution in [0.5, 0.6) is 5.75 Å². The van der Waals surface area contributed by atoms with Crippen LogP contribution < -0.4 is 15.0 Å². The average molecular weight is 585 g/mol. The van der Waals surface area contributed by atoms with E-state index in [0.29, 0.717) is 12.2 Å². The lowest BCUT2D eigenvalue weighted by Gasteiger charge is -2.41. The summed E-state index contributed by atoms with van der Waals surface area (Å²) in [5, 5.41) is 3.07. The lowest BCUT2D eigenvalue weighted by molar-refractivity contribution is -0.123. The molecule has 0 spiro atoms. The highest BCUT2D eigenvalue weighted by Gasteiger charge is 2.31. The van der Waals surface area contributed by atoms with Crippen LogP contribution in [-0.2, 0) is 27.8 Å². The molecule has 0 radical (unpaired) electrons. The van der Waals surface area contributed by atoms with Crippen LogP contribution in [0.15, 0.2) is 47.4 Å². The normalized spacial score (nSPS) is 19.5. The highest BCUT2D eigenvalue weighted by atomic mass is 32.2. The summed E-state index contributed by atoms with van der Waals surface area (Å²) in [5.41, 5.74) is 3.44. The van der Waals surface area contributed by atoms with E-state index in [4.69, 9.17) is 4.74 Å². The zero-order chi connectivity index (χ0) is 29.0. The van der Waals surface area contributed by atoms with Crippen LogP contribution in [0.25, 0.3) is 0 Å². The minimum atomic E-state index is -3.81. The number of likely N-dealkylation sites (N-methyl/N-ethyl adjacent to an activating group) is 1. The van der Waals surface area contributed by atoms with Gasteiger partial charge in [0.2, 0.25) is 10.0 Å². The molecule has 3 aliphatic heterocycles. The smallest absolute Gasteiger partial charge is 0.257 e. The topological polar surface area (TPSA) is 88.7 Å². The number of ether oxygens (including phenoxy) is 1. The number of benzene rings is 2. The van der Waals surface area contributed by atoms with Gasteiger partial charge < -0.3 is 19.9 Å². The minimum absolute atomic E-state index is 0.117. The number of piperazine rings is 1. The molecule has 2 saturated heterocycles. The number of nitrogens with one attached hydrogen (secondary N) is 1. The second kappa shape index (κ2) is 13.1. The number of anilines is 1. The molecule has 2 aromatic rings. The molecule has 1 atom stereocenters. The number of rotatable bonds is 11. The fraction of sp³-hybridized carbons (Fsp3) is 0.567. The van der Waals surface area contributed by atoms with Crippen molar-refractivity contribution >= 4 is 21.6 Å². The van der Waals surface area contributed by atoms with Crippen LogP contribution >= 0.6 is 0 Å². The highest BCUT2D eigenvalue weighted by Crippen LogP contribution is 2.36. The van der Waals surface area contributed by atoms with Gasteiger partial charge in [0.1, 0.15) is 10.6 Å². The first-order valence-electron chi connectivity index (χ1n) is 14.6. The third kappa shape index (κ3) is 7.03. The summed E-state index contributed by atoms with van der Waals surface area (Å²) in [6.45, 7) is 8.36. The van der Waals surface area contributed by atoms with Crippen LogP contribution in [-0.4, -0.2) is 126 Å². The third-order valence-electron chi connectivity index (χ3n) is 8.52. The van der Waals surface area contributed by atoms with Gasteiger partial charge in [0.15, 0.2) is 6.61 Å². The van der Waals surface area contributed by atoms with Crippen molar-refractivity contribution in [1.29, 1.82) is 0 Å². The average Bonchev–Trinajstić information content (AvgIpc) is 2.94. The fourth-order valence-electron chi connectivity index (χ4n) is 5.81. The summed E-state index contributed by atoms with van der Waals surface area (Å²) in [6.07, 6.45) is 2.23. The van der Waals surface area contributed by atoms with E-state index in [1.165, 1.54) is 35.9 Å². The molecule has 5 rings (SSSR count). The second-order valence-corrected chi connectivity index (χ2v) is 13.7. The summed E-state index contributed by atoms with van der Waals surface area (Å²) < 4.78 is 34.0. The number of carbonyl (C=O) groups is 1. The Hall–Kier alpha value is -2.70. The van der Waals surface area contributed by atoms with Gasteiger partial charge in [-0.2, -0.15) is 0 Å². The molecule has 0 saturated carbocycles. The quantitative estimate of drug-likeness (QED) is 0.423. The number of nitrogens with zero attached hydrogens (tertiary/aromatic N) is 5. The zero-order valence-corrected chi connectivity index (χ0v) is 25.4. The summed E-state index contributed by atoms with van der Waals surface area (Å²) in [5.74, 6) is -0.0470. The number of amides is 1. The van der Waals surface area contributed by atoms with Crippen LogP contribution in [0.2, 0.25) is 0 Å². The Bertz CT molecular complexity index is 1310. The maximum absolute atomic E-state index is 13.4. The van der Waals surface area contributed by atoms with Gasteiger partial charge in [0.25, 0.3) is 5.91 Å². The maximum atomic E-state index is 13.4. The molecule has 3 heterocycles. The van der Waals surface area contributed by atoms with Gasteiger partial charge in [-0.3, -0.25) is 14.6 Å². The van der Waals surface area contributed by atoms with Gasteiger partial charge in [0.05, 0.1) is 5.69 Å². The predicted molar refractivity (Wildman–Crippen MR) is 161 cm³/mol. The van der Waals surface area contributed by atoms with Gasteiger partial charge >= 0.3 is 0 Å². The van der Waals surface area contributed by atoms with E-state index in [1.807, 2.05) is 6.07 Å². The van der Waals surface area contributed by atoms with Crippen molar-refractivity contribution in [3.63, 3.8) is 0 Å². The van der Waals surface area contributed by atoms with E-state index in [-0.39, 0.29) is 29.2 Å². The fourth-order valence-corrected chi connectivity index (χ4v) is 7.01. The number of carbonyl (C=O) groups excluding carboxylic acids is 1. The van der Waals surface area contributed by atoms with E-state index in [9.17, 15) is 13.2 Å². The zero-order valence-electron chi connectivity index (χ0n) is 24.6. The van der Waals surface area contributed by atoms with Gasteiger partial charge in [0, 0.05) is 72.5 Å². The molecule has 224 valence electrons. The lowest BCUT2D eigenvalue weighted by Crippen LogP contribution is -2.55. The monoisotopic (exact) mass is 584 g/mol. The Morgan fingerprint density at radius 1 is 0.976 bits per heavy atom. The van der Waals surface area contributed by atoms with Gasteiger partial charge in [-0.1, -0.05) is 30.3 Å². The van der Waals surface area contributed by atoms with E-state index in [0.717, 1.165) is 65.3 Å². The second-order valence-electron chi connectivity index (χ2n) is 11.6. The number of fused-ring (bicyclic) bond motifs is 1. The third-order valence-corrected chi connectivity index (χ3v) is 10.4. The first-order valence-corrected chi connectivity index (χ1v) is 16.1. The Labute approximate surface area is 244 Å². The number of hydrogen-bond acceptors (Lipinski definition) is 8. The van der Waals surface area contributed by atoms with E-state index in [2.05, 4.69) is 56.2 Å². The van der Waals surface area contributed by atoms with Crippen molar-refractivity contribution in [2.24, 2.45) is 0 Å². The first-order chi connectivity index (χ1) is 19.7. The molecule has 0 bridgehead atoms. The molecule has 2 aromatic carbocycles. The Morgan fingerprint density at radius 3 is 2.39 bits per heavy atom.